The molecule has 0 saturated heterocycles. The van der Waals surface area contributed by atoms with Gasteiger partial charge < -0.3 is 5.11 Å². The van der Waals surface area contributed by atoms with Gasteiger partial charge in [0, 0.05) is 5.92 Å². The summed E-state index contributed by atoms with van der Waals surface area (Å²) in [6.45, 7) is 14.2. The molecule has 4 aliphatic rings. The summed E-state index contributed by atoms with van der Waals surface area (Å²) in [6, 6.07) is 0. The predicted molar refractivity (Wildman–Crippen MR) is 123 cm³/mol. The first-order valence-corrected chi connectivity index (χ1v) is 12.9. The molecular weight excluding hydrogens is 400 g/mol. The molecular formula is C26H42N4O2. The molecule has 4 aliphatic carbocycles. The van der Waals surface area contributed by atoms with Gasteiger partial charge in [-0.3, -0.25) is 4.79 Å². The number of tetrazole rings is 1. The number of carbonyl (C=O) groups is 1. The van der Waals surface area contributed by atoms with Gasteiger partial charge in [0.05, 0.1) is 5.60 Å². The number of fused-ring (bicyclic) bond motifs is 5. The van der Waals surface area contributed by atoms with Crippen molar-refractivity contribution in [1.82, 2.24) is 20.2 Å². The summed E-state index contributed by atoms with van der Waals surface area (Å²) in [6.07, 6.45) is 8.77. The van der Waals surface area contributed by atoms with E-state index in [1.165, 1.54) is 12.8 Å². The molecule has 0 amide bonds. The van der Waals surface area contributed by atoms with E-state index in [0.717, 1.165) is 38.5 Å². The molecule has 1 aromatic heterocycles. The average Bonchev–Trinajstić information content (AvgIpc) is 3.27. The molecule has 0 radical (unpaired) electrons. The molecule has 0 unspecified atom stereocenters. The van der Waals surface area contributed by atoms with Gasteiger partial charge in [0.15, 0.2) is 5.78 Å². The van der Waals surface area contributed by atoms with Crippen molar-refractivity contribution in [3.8, 4) is 0 Å². The molecule has 32 heavy (non-hydrogen) atoms. The topological polar surface area (TPSA) is 80.9 Å². The number of carbonyl (C=O) groups excluding carboxylic acids is 1. The summed E-state index contributed by atoms with van der Waals surface area (Å²) >= 11 is 0. The van der Waals surface area contributed by atoms with Crippen LogP contribution in [0.2, 0.25) is 0 Å². The van der Waals surface area contributed by atoms with Crippen molar-refractivity contribution in [3.63, 3.8) is 0 Å². The number of ketones is 1. The molecule has 0 aliphatic heterocycles. The van der Waals surface area contributed by atoms with Crippen molar-refractivity contribution >= 4 is 5.78 Å². The number of aromatic nitrogens is 4. The average molecular weight is 443 g/mol. The van der Waals surface area contributed by atoms with Crippen LogP contribution in [0.25, 0.3) is 0 Å². The number of nitrogens with zero attached hydrogens (tertiary/aromatic N) is 4. The summed E-state index contributed by atoms with van der Waals surface area (Å²) in [5.41, 5.74) is 0.152. The highest BCUT2D eigenvalue weighted by atomic mass is 16.3. The van der Waals surface area contributed by atoms with Gasteiger partial charge >= 0.3 is 0 Å². The first-order chi connectivity index (χ1) is 14.9. The van der Waals surface area contributed by atoms with E-state index in [2.05, 4.69) is 43.2 Å². The van der Waals surface area contributed by atoms with E-state index in [9.17, 15) is 9.90 Å². The third-order valence-corrected chi connectivity index (χ3v) is 11.5. The Morgan fingerprint density at radius 3 is 2.47 bits per heavy atom. The van der Waals surface area contributed by atoms with E-state index in [1.807, 2.05) is 13.8 Å². The lowest BCUT2D eigenvalue weighted by Crippen LogP contribution is -2.62. The molecule has 1 heterocycles. The summed E-state index contributed by atoms with van der Waals surface area (Å²) in [4.78, 5) is 13.5. The van der Waals surface area contributed by atoms with Crippen LogP contribution in [0.5, 0.6) is 0 Å². The quantitative estimate of drug-likeness (QED) is 0.740. The number of aliphatic hydroxyl groups is 1. The minimum atomic E-state index is -0.500. The third-order valence-electron chi connectivity index (χ3n) is 11.5. The lowest BCUT2D eigenvalue weighted by Gasteiger charge is -2.68. The molecule has 0 aromatic carbocycles. The van der Waals surface area contributed by atoms with Crippen molar-refractivity contribution in [2.75, 3.05) is 0 Å². The number of rotatable bonds is 3. The van der Waals surface area contributed by atoms with Crippen molar-refractivity contribution < 1.29 is 9.90 Å². The minimum absolute atomic E-state index is 0.0713. The maximum atomic E-state index is 13.5. The van der Waals surface area contributed by atoms with Gasteiger partial charge in [-0.1, -0.05) is 27.7 Å². The maximum Gasteiger partial charge on any atom is 0.158 e. The monoisotopic (exact) mass is 442 g/mol. The Kier molecular flexibility index (Phi) is 4.99. The summed E-state index contributed by atoms with van der Waals surface area (Å²) < 4.78 is 1.66. The fraction of sp³-hybridized carbons (Fsp3) is 0.923. The van der Waals surface area contributed by atoms with Crippen LogP contribution in [0.4, 0.5) is 0 Å². The Labute approximate surface area is 192 Å². The Morgan fingerprint density at radius 1 is 1.06 bits per heavy atom. The van der Waals surface area contributed by atoms with E-state index in [-0.39, 0.29) is 16.7 Å². The zero-order valence-corrected chi connectivity index (χ0v) is 20.9. The van der Waals surface area contributed by atoms with Gasteiger partial charge in [-0.15, -0.1) is 5.10 Å². The SMILES string of the molecule is Cc1nnnn1CC(=O)[C@H]1CC[C@@H]2[C@]1(C)CC[C@@H]1[C@@]3(C)CC[C@@](C)(O)C[C@@H]3C[C@@H](C)[C@]12C. The fourth-order valence-electron chi connectivity index (χ4n) is 9.62. The van der Waals surface area contributed by atoms with Crippen molar-refractivity contribution in [2.45, 2.75) is 105 Å². The highest BCUT2D eigenvalue weighted by molar-refractivity contribution is 5.82. The minimum Gasteiger partial charge on any atom is -0.390 e. The van der Waals surface area contributed by atoms with Gasteiger partial charge in [0.1, 0.15) is 12.4 Å². The van der Waals surface area contributed by atoms with Crippen LogP contribution in [0, 0.1) is 52.8 Å². The third kappa shape index (κ3) is 3.00. The Morgan fingerprint density at radius 2 is 1.78 bits per heavy atom. The second-order valence-corrected chi connectivity index (χ2v) is 13.0. The van der Waals surface area contributed by atoms with Gasteiger partial charge in [0.25, 0.3) is 0 Å². The van der Waals surface area contributed by atoms with E-state index in [4.69, 9.17) is 0 Å². The Hall–Kier alpha value is -1.30. The lowest BCUT2D eigenvalue weighted by molar-refractivity contribution is -0.208. The molecule has 1 N–H and O–H groups in total. The highest BCUT2D eigenvalue weighted by Crippen LogP contribution is 2.74. The largest absolute Gasteiger partial charge is 0.390 e. The van der Waals surface area contributed by atoms with E-state index in [0.29, 0.717) is 47.2 Å². The molecule has 1 aromatic rings. The fourth-order valence-corrected chi connectivity index (χ4v) is 9.62. The second-order valence-electron chi connectivity index (χ2n) is 13.0. The van der Waals surface area contributed by atoms with Crippen LogP contribution in [0.3, 0.4) is 0 Å². The number of aryl methyl sites for hydroxylation is 1. The first kappa shape index (κ1) is 22.5. The van der Waals surface area contributed by atoms with Gasteiger partial charge in [-0.2, -0.15) is 0 Å². The van der Waals surface area contributed by atoms with Gasteiger partial charge in [-0.05, 0) is 116 Å². The zero-order valence-electron chi connectivity index (χ0n) is 20.9. The standard InChI is InChI=1S/C26H42N4O2/c1-16-13-18-14-23(3,32)11-12-24(18,4)22-9-10-25(5)19(7-8-21(25)26(16,22)6)20(31)15-30-17(2)27-28-29-30/h16,18-19,21-22,32H,7-15H2,1-6H3/t16-,18+,19-,21-,22-,23-,24+,25-,26+/m1/s1. The van der Waals surface area contributed by atoms with Crippen molar-refractivity contribution in [2.24, 2.45) is 45.8 Å². The van der Waals surface area contributed by atoms with Gasteiger partial charge in [0.2, 0.25) is 0 Å². The number of hydrogen-bond donors (Lipinski definition) is 1. The Balaban J connectivity index is 1.44. The lowest BCUT2D eigenvalue weighted by atomic mass is 9.36. The van der Waals surface area contributed by atoms with Gasteiger partial charge in [-0.25, -0.2) is 4.68 Å². The van der Waals surface area contributed by atoms with E-state index >= 15 is 0 Å². The summed E-state index contributed by atoms with van der Waals surface area (Å²) in [5.74, 6) is 3.65. The number of Topliss-reactive ketones (excluding diaryl/α,β-unsaturated/α-hetero) is 1. The first-order valence-electron chi connectivity index (χ1n) is 12.9. The summed E-state index contributed by atoms with van der Waals surface area (Å²) in [7, 11) is 0. The van der Waals surface area contributed by atoms with Crippen molar-refractivity contribution in [3.05, 3.63) is 5.82 Å². The molecule has 4 saturated carbocycles. The molecule has 178 valence electrons. The van der Waals surface area contributed by atoms with Crippen molar-refractivity contribution in [1.29, 1.82) is 0 Å². The van der Waals surface area contributed by atoms with E-state index < -0.39 is 5.60 Å². The van der Waals surface area contributed by atoms with Crippen LogP contribution < -0.4 is 0 Å². The van der Waals surface area contributed by atoms with Crippen LogP contribution in [0.1, 0.15) is 91.8 Å². The Bertz CT molecular complexity index is 911. The summed E-state index contributed by atoms with van der Waals surface area (Å²) in [5, 5.41) is 22.5. The normalized spacial score (nSPS) is 50.4. The number of hydrogen-bond acceptors (Lipinski definition) is 5. The molecule has 0 bridgehead atoms. The molecule has 9 atom stereocenters. The molecule has 0 spiro atoms. The van der Waals surface area contributed by atoms with Crippen LogP contribution in [0.15, 0.2) is 0 Å². The van der Waals surface area contributed by atoms with Crippen LogP contribution in [-0.2, 0) is 11.3 Å². The second kappa shape index (κ2) is 7.10. The zero-order chi connectivity index (χ0) is 23.1. The predicted octanol–water partition coefficient (Wildman–Crippen LogP) is 4.60. The maximum absolute atomic E-state index is 13.5. The smallest absolute Gasteiger partial charge is 0.158 e. The molecule has 4 fully saturated rings. The molecule has 6 nitrogen and oxygen atoms in total. The highest BCUT2D eigenvalue weighted by Gasteiger charge is 2.68. The molecule has 6 heteroatoms. The van der Waals surface area contributed by atoms with E-state index in [1.54, 1.807) is 4.68 Å². The molecule has 5 rings (SSSR count). The van der Waals surface area contributed by atoms with Crippen LogP contribution in [-0.4, -0.2) is 36.7 Å². The van der Waals surface area contributed by atoms with Crippen LogP contribution >= 0.6 is 0 Å².